The molecule has 3 N–H and O–H groups in total. The normalized spacial score (nSPS) is 12.6. The Kier molecular flexibility index (Phi) is 4.52. The van der Waals surface area contributed by atoms with Crippen LogP contribution in [0.3, 0.4) is 0 Å². The average Bonchev–Trinajstić information content (AvgIpc) is 2.86. The van der Waals surface area contributed by atoms with Crippen LogP contribution >= 0.6 is 11.6 Å². The number of hydrogen-bond acceptors (Lipinski definition) is 3. The van der Waals surface area contributed by atoms with Crippen LogP contribution in [0.5, 0.6) is 0 Å². The van der Waals surface area contributed by atoms with Crippen molar-refractivity contribution in [1.82, 2.24) is 15.0 Å². The minimum atomic E-state index is -0.446. The molecule has 0 amide bonds. The van der Waals surface area contributed by atoms with Gasteiger partial charge in [0, 0.05) is 25.4 Å². The summed E-state index contributed by atoms with van der Waals surface area (Å²) in [4.78, 5) is 4.29. The molecule has 4 nitrogen and oxygen atoms in total. The van der Waals surface area contributed by atoms with Crippen molar-refractivity contribution in [3.63, 3.8) is 0 Å². The van der Waals surface area contributed by atoms with Gasteiger partial charge in [-0.15, -0.1) is 0 Å². The molecule has 0 aliphatic carbocycles. The van der Waals surface area contributed by atoms with E-state index in [1.54, 1.807) is 12.3 Å². The monoisotopic (exact) mass is 282 g/mol. The first-order valence-electron chi connectivity index (χ1n) is 6.06. The molecule has 1 aromatic heterocycles. The third-order valence-corrected chi connectivity index (χ3v) is 3.38. The number of aromatic nitrogens is 2. The zero-order valence-electron chi connectivity index (χ0n) is 10.6. The van der Waals surface area contributed by atoms with Crippen LogP contribution in [0.4, 0.5) is 4.39 Å². The molecular formula is C13H16ClFN4. The van der Waals surface area contributed by atoms with Gasteiger partial charge in [0.15, 0.2) is 0 Å². The third-order valence-electron chi connectivity index (χ3n) is 3.08. The van der Waals surface area contributed by atoms with Crippen LogP contribution in [0.1, 0.15) is 24.4 Å². The molecule has 0 spiro atoms. The van der Waals surface area contributed by atoms with E-state index in [0.29, 0.717) is 6.42 Å². The first-order valence-corrected chi connectivity index (χ1v) is 6.44. The van der Waals surface area contributed by atoms with Crippen molar-refractivity contribution in [1.29, 1.82) is 0 Å². The highest BCUT2D eigenvalue weighted by Gasteiger charge is 2.15. The summed E-state index contributed by atoms with van der Waals surface area (Å²) in [6.45, 7) is 2.87. The Morgan fingerprint density at radius 3 is 2.95 bits per heavy atom. The molecule has 0 saturated heterocycles. The smallest absolute Gasteiger partial charge is 0.142 e. The molecule has 1 aromatic carbocycles. The van der Waals surface area contributed by atoms with Crippen molar-refractivity contribution in [3.8, 4) is 0 Å². The first kappa shape index (κ1) is 14.0. The van der Waals surface area contributed by atoms with E-state index in [9.17, 15) is 4.39 Å². The number of nitrogens with zero attached hydrogens (tertiary/aromatic N) is 2. The Balaban J connectivity index is 2.22. The van der Waals surface area contributed by atoms with Crippen molar-refractivity contribution >= 4 is 11.6 Å². The predicted octanol–water partition coefficient (Wildman–Crippen LogP) is 2.44. The fourth-order valence-corrected chi connectivity index (χ4v) is 2.12. The number of aryl methyl sites for hydroxylation is 1. The Bertz CT molecular complexity index is 555. The van der Waals surface area contributed by atoms with E-state index in [1.165, 1.54) is 12.1 Å². The summed E-state index contributed by atoms with van der Waals surface area (Å²) in [7, 11) is 0. The quantitative estimate of drug-likeness (QED) is 0.654. The zero-order chi connectivity index (χ0) is 13.8. The molecule has 2 rings (SSSR count). The van der Waals surface area contributed by atoms with Crippen LogP contribution in [0.15, 0.2) is 30.6 Å². The molecule has 0 saturated carbocycles. The van der Waals surface area contributed by atoms with Crippen molar-refractivity contribution in [2.24, 2.45) is 5.84 Å². The van der Waals surface area contributed by atoms with Crippen molar-refractivity contribution in [2.75, 3.05) is 0 Å². The summed E-state index contributed by atoms with van der Waals surface area (Å²) in [5.41, 5.74) is 3.44. The number of halogens is 2. The highest BCUT2D eigenvalue weighted by atomic mass is 35.5. The predicted molar refractivity (Wildman–Crippen MR) is 73.1 cm³/mol. The van der Waals surface area contributed by atoms with Gasteiger partial charge in [0.25, 0.3) is 0 Å². The van der Waals surface area contributed by atoms with Gasteiger partial charge in [-0.25, -0.2) is 9.37 Å². The number of benzene rings is 1. The summed E-state index contributed by atoms with van der Waals surface area (Å²) >= 11 is 5.68. The summed E-state index contributed by atoms with van der Waals surface area (Å²) in [6, 6.07) is 4.48. The lowest BCUT2D eigenvalue weighted by Crippen LogP contribution is -2.30. The van der Waals surface area contributed by atoms with E-state index in [2.05, 4.69) is 10.4 Å². The largest absolute Gasteiger partial charge is 0.335 e. The Hall–Kier alpha value is -1.43. The van der Waals surface area contributed by atoms with Gasteiger partial charge in [0.05, 0.1) is 11.1 Å². The molecule has 102 valence electrons. The van der Waals surface area contributed by atoms with Crippen LogP contribution in [0, 0.1) is 5.82 Å². The minimum absolute atomic E-state index is 0.106. The summed E-state index contributed by atoms with van der Waals surface area (Å²) in [5.74, 6) is 6.02. The molecule has 0 aliphatic rings. The molecule has 0 radical (unpaired) electrons. The number of hydrazine groups is 1. The Labute approximate surface area is 116 Å². The lowest BCUT2D eigenvalue weighted by Gasteiger charge is -2.17. The van der Waals surface area contributed by atoms with E-state index < -0.39 is 5.82 Å². The molecule has 19 heavy (non-hydrogen) atoms. The second kappa shape index (κ2) is 6.14. The maximum Gasteiger partial charge on any atom is 0.142 e. The van der Waals surface area contributed by atoms with Crippen LogP contribution < -0.4 is 11.3 Å². The van der Waals surface area contributed by atoms with E-state index in [-0.39, 0.29) is 11.1 Å². The molecule has 1 atom stereocenters. The van der Waals surface area contributed by atoms with Crippen molar-refractivity contribution in [2.45, 2.75) is 25.9 Å². The van der Waals surface area contributed by atoms with Gasteiger partial charge in [0.2, 0.25) is 0 Å². The van der Waals surface area contributed by atoms with Gasteiger partial charge >= 0.3 is 0 Å². The van der Waals surface area contributed by atoms with E-state index >= 15 is 0 Å². The first-order chi connectivity index (χ1) is 9.15. The van der Waals surface area contributed by atoms with Crippen molar-refractivity contribution in [3.05, 3.63) is 52.8 Å². The third kappa shape index (κ3) is 3.12. The Morgan fingerprint density at radius 1 is 1.53 bits per heavy atom. The Morgan fingerprint density at radius 2 is 2.32 bits per heavy atom. The number of imidazole rings is 1. The molecule has 6 heteroatoms. The molecule has 2 aromatic rings. The second-order valence-electron chi connectivity index (χ2n) is 4.23. The van der Waals surface area contributed by atoms with Gasteiger partial charge < -0.3 is 4.57 Å². The maximum atomic E-state index is 13.5. The number of hydrogen-bond donors (Lipinski definition) is 2. The van der Waals surface area contributed by atoms with Crippen LogP contribution in [-0.4, -0.2) is 9.55 Å². The highest BCUT2D eigenvalue weighted by Crippen LogP contribution is 2.22. The SMILES string of the molecule is CCn1ccnc1CC(NN)c1ccc(Cl)c(F)c1. The van der Waals surface area contributed by atoms with Gasteiger partial charge in [-0.3, -0.25) is 11.3 Å². The lowest BCUT2D eigenvalue weighted by molar-refractivity contribution is 0.518. The van der Waals surface area contributed by atoms with Crippen LogP contribution in [-0.2, 0) is 13.0 Å². The number of rotatable bonds is 5. The minimum Gasteiger partial charge on any atom is -0.335 e. The van der Waals surface area contributed by atoms with Crippen LogP contribution in [0.2, 0.25) is 5.02 Å². The summed E-state index contributed by atoms with van der Waals surface area (Å²) in [5, 5.41) is 0.106. The topological polar surface area (TPSA) is 55.9 Å². The lowest BCUT2D eigenvalue weighted by atomic mass is 10.0. The van der Waals surface area contributed by atoms with E-state index in [1.807, 2.05) is 17.7 Å². The summed E-state index contributed by atoms with van der Waals surface area (Å²) < 4.78 is 15.5. The van der Waals surface area contributed by atoms with Crippen LogP contribution in [0.25, 0.3) is 0 Å². The molecule has 1 unspecified atom stereocenters. The summed E-state index contributed by atoms with van der Waals surface area (Å²) in [6.07, 6.45) is 4.23. The molecule has 0 bridgehead atoms. The fraction of sp³-hybridized carbons (Fsp3) is 0.308. The van der Waals surface area contributed by atoms with Gasteiger partial charge in [-0.2, -0.15) is 0 Å². The molecular weight excluding hydrogens is 267 g/mol. The fourth-order valence-electron chi connectivity index (χ4n) is 2.00. The van der Waals surface area contributed by atoms with Crippen molar-refractivity contribution < 1.29 is 4.39 Å². The standard InChI is InChI=1S/C13H16ClFN4/c1-2-19-6-5-17-13(19)8-12(18-16)9-3-4-10(14)11(15)7-9/h3-7,12,18H,2,8,16H2,1H3. The number of nitrogens with two attached hydrogens (primary N) is 1. The van der Waals surface area contributed by atoms with Gasteiger partial charge in [-0.1, -0.05) is 17.7 Å². The zero-order valence-corrected chi connectivity index (χ0v) is 11.4. The maximum absolute atomic E-state index is 13.5. The number of nitrogens with one attached hydrogen (secondary N) is 1. The average molecular weight is 283 g/mol. The molecule has 0 fully saturated rings. The van der Waals surface area contributed by atoms with Gasteiger partial charge in [-0.05, 0) is 24.6 Å². The van der Waals surface area contributed by atoms with E-state index in [4.69, 9.17) is 17.4 Å². The molecule has 1 heterocycles. The van der Waals surface area contributed by atoms with E-state index in [0.717, 1.165) is 17.9 Å². The highest BCUT2D eigenvalue weighted by molar-refractivity contribution is 6.30. The van der Waals surface area contributed by atoms with Gasteiger partial charge in [0.1, 0.15) is 11.6 Å². The second-order valence-corrected chi connectivity index (χ2v) is 4.63. The molecule has 0 aliphatic heterocycles.